The number of benzene rings is 6. The second-order valence-corrected chi connectivity index (χ2v) is 24.9. The molecule has 7 heterocycles. The number of amides is 1. The van der Waals surface area contributed by atoms with Crippen LogP contribution in [0.15, 0.2) is 158 Å². The maximum Gasteiger partial charge on any atom is 0.327 e. The SMILES string of the molecule is CCN(CC)c1ccc2c(c1)Oc1cc(N(CC)CC)ccc1C21c2ccccc2C(=O)N1Cc1cn(CC(=O)OC[C@H]2O[C@@H](OC[C@H]3O[C@@H]4OC(C)(C)O[C@@H]4[C@H]4OC(C)(C)O[C@H]43)[C@H](OCc3ccccc3)[C@@H](OCc3ccccc3)[C@H]2OCc2ccccc2)nn1. The second-order valence-electron chi connectivity index (χ2n) is 24.9. The first-order valence-corrected chi connectivity index (χ1v) is 32.2. The molecule has 0 unspecified atom stereocenters. The predicted octanol–water partition coefficient (Wildman–Crippen LogP) is 10.5. The zero-order valence-electron chi connectivity index (χ0n) is 53.5. The van der Waals surface area contributed by atoms with Gasteiger partial charge in [-0.25, -0.2) is 4.68 Å². The molecule has 20 heteroatoms. The Hall–Kier alpha value is -7.60. The molecule has 0 saturated carbocycles. The number of ether oxygens (including phenoxy) is 12. The van der Waals surface area contributed by atoms with Crippen molar-refractivity contribution in [2.75, 3.05) is 49.2 Å². The standard InChI is InChI=1S/C72H82N6O14/c1-9-75(10-2)50-32-34-54-56(36-50)86-57-37-51(76(11-3)12-4)33-35-55(57)72(54)53-31-23-22-30-52(53)67(80)78(72)39-49-38-77(74-73-49)40-60(79)81-44-58-61(82-41-46-24-16-13-17-25-46)63(83-42-47-26-18-14-19-27-47)65(84-43-48-28-20-15-21-29-48)68(87-58)85-45-59-62-64(90-70(5,6)89-62)66-69(88-59)92-71(7,8)91-66/h13-38,58-59,61-66,68-69H,9-12,39-45H2,1-8H3/t58-,59-,61+,62+,63+,64+,65-,66-,68-,69-/m1/s1. The van der Waals surface area contributed by atoms with Crippen LogP contribution in [0.1, 0.15) is 105 Å². The Balaban J connectivity index is 0.792. The summed E-state index contributed by atoms with van der Waals surface area (Å²) in [5, 5.41) is 9.07. The highest BCUT2D eigenvalue weighted by Crippen LogP contribution is 2.59. The lowest BCUT2D eigenvalue weighted by Gasteiger charge is -2.46. The summed E-state index contributed by atoms with van der Waals surface area (Å²) in [5.74, 6) is -1.38. The smallest absolute Gasteiger partial charge is 0.327 e. The normalized spacial score (nSPS) is 25.3. The number of anilines is 2. The van der Waals surface area contributed by atoms with Crippen molar-refractivity contribution in [3.63, 3.8) is 0 Å². The van der Waals surface area contributed by atoms with Crippen molar-refractivity contribution in [2.24, 2.45) is 0 Å². The van der Waals surface area contributed by atoms with Gasteiger partial charge in [-0.2, -0.15) is 0 Å². The molecular formula is C72H82N6O14. The Morgan fingerprint density at radius 2 is 1.09 bits per heavy atom. The van der Waals surface area contributed by atoms with E-state index in [0.717, 1.165) is 70.9 Å². The summed E-state index contributed by atoms with van der Waals surface area (Å²) in [5.41, 5.74) is 7.14. The average molecular weight is 1260 g/mol. The molecule has 0 radical (unpaired) electrons. The van der Waals surface area contributed by atoms with Crippen LogP contribution in [0.5, 0.6) is 11.5 Å². The van der Waals surface area contributed by atoms with Gasteiger partial charge in [0.25, 0.3) is 5.91 Å². The van der Waals surface area contributed by atoms with Crippen LogP contribution in [0.4, 0.5) is 11.4 Å². The van der Waals surface area contributed by atoms with Crippen LogP contribution in [-0.2, 0) is 95.3 Å². The molecule has 0 aliphatic carbocycles. The lowest BCUT2D eigenvalue weighted by atomic mass is 9.74. The van der Waals surface area contributed by atoms with Gasteiger partial charge in [-0.15, -0.1) is 5.10 Å². The highest BCUT2D eigenvalue weighted by Gasteiger charge is 2.62. The van der Waals surface area contributed by atoms with E-state index >= 15 is 4.79 Å². The fraction of sp³-hybridized carbons (Fsp3) is 0.444. The van der Waals surface area contributed by atoms with Crippen molar-refractivity contribution in [3.8, 4) is 11.5 Å². The van der Waals surface area contributed by atoms with Gasteiger partial charge in [0, 0.05) is 66.4 Å². The fourth-order valence-electron chi connectivity index (χ4n) is 13.9. The third kappa shape index (κ3) is 12.7. The molecule has 7 aromatic rings. The van der Waals surface area contributed by atoms with E-state index in [1.807, 2.05) is 148 Å². The Kier molecular flexibility index (Phi) is 18.4. The third-order valence-electron chi connectivity index (χ3n) is 18.1. The summed E-state index contributed by atoms with van der Waals surface area (Å²) in [4.78, 5) is 36.0. The number of hydrogen-bond donors (Lipinski definition) is 0. The van der Waals surface area contributed by atoms with Crippen LogP contribution < -0.4 is 14.5 Å². The molecule has 1 spiro atoms. The van der Waals surface area contributed by atoms with Crippen LogP contribution in [0.3, 0.4) is 0 Å². The Labute approximate surface area is 537 Å². The van der Waals surface area contributed by atoms with E-state index in [4.69, 9.17) is 56.8 Å². The van der Waals surface area contributed by atoms with E-state index in [2.05, 4.69) is 84.2 Å². The van der Waals surface area contributed by atoms with Gasteiger partial charge in [-0.1, -0.05) is 127 Å². The van der Waals surface area contributed by atoms with Gasteiger partial charge < -0.3 is 71.5 Å². The summed E-state index contributed by atoms with van der Waals surface area (Å²) in [6.07, 6.45) is -6.26. The van der Waals surface area contributed by atoms with Crippen molar-refractivity contribution < 1.29 is 66.4 Å². The first-order valence-electron chi connectivity index (χ1n) is 32.2. The average Bonchev–Trinajstić information content (AvgIpc) is 1.44. The molecule has 10 atom stereocenters. The van der Waals surface area contributed by atoms with Gasteiger partial charge in [0.05, 0.1) is 39.2 Å². The van der Waals surface area contributed by atoms with Crippen molar-refractivity contribution in [1.29, 1.82) is 0 Å². The molecule has 1 amide bonds. The minimum absolute atomic E-state index is 0.0386. The van der Waals surface area contributed by atoms with E-state index < -0.39 is 84.5 Å². The largest absolute Gasteiger partial charge is 0.461 e. The molecule has 13 rings (SSSR count). The minimum Gasteiger partial charge on any atom is -0.461 e. The molecule has 0 N–H and O–H groups in total. The molecule has 20 nitrogen and oxygen atoms in total. The van der Waals surface area contributed by atoms with Crippen LogP contribution in [0, 0.1) is 0 Å². The number of nitrogens with zero attached hydrogens (tertiary/aromatic N) is 6. The van der Waals surface area contributed by atoms with Gasteiger partial charge >= 0.3 is 5.97 Å². The van der Waals surface area contributed by atoms with E-state index in [-0.39, 0.29) is 52.0 Å². The number of esters is 1. The number of rotatable bonds is 24. The van der Waals surface area contributed by atoms with E-state index in [0.29, 0.717) is 22.8 Å². The summed E-state index contributed by atoms with van der Waals surface area (Å²) < 4.78 is 81.5. The molecule has 484 valence electrons. The number of hydrogen-bond acceptors (Lipinski definition) is 18. The van der Waals surface area contributed by atoms with Gasteiger partial charge in [0.2, 0.25) is 0 Å². The van der Waals surface area contributed by atoms with Crippen molar-refractivity contribution in [3.05, 3.63) is 202 Å². The minimum atomic E-state index is -1.14. The van der Waals surface area contributed by atoms with Crippen LogP contribution in [0.2, 0.25) is 0 Å². The Bertz CT molecular complexity index is 3620. The van der Waals surface area contributed by atoms with Gasteiger partial charge in [0.1, 0.15) is 84.7 Å². The molecule has 4 saturated heterocycles. The summed E-state index contributed by atoms with van der Waals surface area (Å²) in [6.45, 7) is 19.0. The molecule has 4 fully saturated rings. The zero-order chi connectivity index (χ0) is 63.7. The molecule has 1 aromatic heterocycles. The van der Waals surface area contributed by atoms with Crippen LogP contribution in [-0.4, -0.2) is 144 Å². The predicted molar refractivity (Wildman–Crippen MR) is 339 cm³/mol. The molecule has 0 bridgehead atoms. The maximum atomic E-state index is 15.2. The number of carbonyl (C=O) groups excluding carboxylic acids is 2. The molecular weight excluding hydrogens is 1170 g/mol. The highest BCUT2D eigenvalue weighted by molar-refractivity contribution is 6.02. The number of fused-ring (bicyclic) bond motifs is 9. The molecule has 6 aliphatic heterocycles. The van der Waals surface area contributed by atoms with Crippen molar-refractivity contribution >= 4 is 23.3 Å². The van der Waals surface area contributed by atoms with E-state index in [1.165, 1.54) is 4.68 Å². The summed E-state index contributed by atoms with van der Waals surface area (Å²) >= 11 is 0. The quantitative estimate of drug-likeness (QED) is 0.0520. The first-order chi connectivity index (χ1) is 44.6. The van der Waals surface area contributed by atoms with Crippen molar-refractivity contribution in [1.82, 2.24) is 19.9 Å². The van der Waals surface area contributed by atoms with Crippen LogP contribution in [0.25, 0.3) is 0 Å². The van der Waals surface area contributed by atoms with Crippen LogP contribution >= 0.6 is 0 Å². The molecule has 92 heavy (non-hydrogen) atoms. The monoisotopic (exact) mass is 1250 g/mol. The summed E-state index contributed by atoms with van der Waals surface area (Å²) in [7, 11) is 0. The van der Waals surface area contributed by atoms with E-state index in [9.17, 15) is 4.79 Å². The third-order valence-corrected chi connectivity index (χ3v) is 18.1. The highest BCUT2D eigenvalue weighted by atomic mass is 16.9. The molecule has 6 aromatic carbocycles. The number of aromatic nitrogens is 3. The summed E-state index contributed by atoms with van der Waals surface area (Å²) in [6, 6.07) is 49.8. The lowest BCUT2D eigenvalue weighted by Crippen LogP contribution is -2.62. The fourth-order valence-corrected chi connectivity index (χ4v) is 13.9. The van der Waals surface area contributed by atoms with Gasteiger partial charge in [-0.3, -0.25) is 9.59 Å². The zero-order valence-corrected chi connectivity index (χ0v) is 53.5. The molecule has 6 aliphatic rings. The van der Waals surface area contributed by atoms with Gasteiger partial charge in [0.15, 0.2) is 24.2 Å². The maximum absolute atomic E-state index is 15.2. The van der Waals surface area contributed by atoms with E-state index in [1.54, 1.807) is 6.20 Å². The first kappa shape index (κ1) is 63.2. The Morgan fingerprint density at radius 3 is 1.68 bits per heavy atom. The Morgan fingerprint density at radius 1 is 0.554 bits per heavy atom. The topological polar surface area (TPSA) is 185 Å². The second kappa shape index (κ2) is 26.8. The van der Waals surface area contributed by atoms with Crippen molar-refractivity contribution in [2.45, 2.75) is 167 Å². The number of carbonyl (C=O) groups is 2. The van der Waals surface area contributed by atoms with Gasteiger partial charge in [-0.05, 0) is 95.8 Å². The lowest BCUT2D eigenvalue weighted by molar-refractivity contribution is -0.336.